The molecule has 1 aromatic rings. The van der Waals surface area contributed by atoms with Crippen LogP contribution in [0.4, 0.5) is 13.2 Å². The first-order valence-electron chi connectivity index (χ1n) is 4.52. The average molecular weight is 306 g/mol. The number of alkyl halides is 4. The number of nitrogens with zero attached hydrogens (tertiary/aromatic N) is 1. The lowest BCUT2D eigenvalue weighted by atomic mass is 9.96. The van der Waals surface area contributed by atoms with E-state index in [9.17, 15) is 18.0 Å². The number of ketones is 1. The first-order valence-corrected chi connectivity index (χ1v) is 5.64. The van der Waals surface area contributed by atoms with E-state index in [1.807, 2.05) is 0 Å². The lowest BCUT2D eigenvalue weighted by molar-refractivity contribution is -0.138. The van der Waals surface area contributed by atoms with E-state index >= 15 is 0 Å². The van der Waals surface area contributed by atoms with Crippen LogP contribution in [0.15, 0.2) is 12.1 Å². The van der Waals surface area contributed by atoms with Crippen molar-refractivity contribution >= 4 is 21.7 Å². The van der Waals surface area contributed by atoms with Crippen molar-refractivity contribution in [3.63, 3.8) is 0 Å². The minimum absolute atomic E-state index is 0.110. The largest absolute Gasteiger partial charge is 0.417 e. The normalized spacial score (nSPS) is 11.1. The van der Waals surface area contributed by atoms with Crippen molar-refractivity contribution in [3.05, 3.63) is 34.4 Å². The number of rotatable bonds is 2. The van der Waals surface area contributed by atoms with E-state index in [2.05, 4.69) is 15.9 Å². The molecule has 6 heteroatoms. The van der Waals surface area contributed by atoms with E-state index in [1.165, 1.54) is 13.0 Å². The first kappa shape index (κ1) is 13.7. The van der Waals surface area contributed by atoms with Crippen molar-refractivity contribution in [2.45, 2.75) is 13.1 Å². The van der Waals surface area contributed by atoms with Gasteiger partial charge in [0.2, 0.25) is 0 Å². The van der Waals surface area contributed by atoms with Gasteiger partial charge in [-0.3, -0.25) is 4.79 Å². The maximum atomic E-state index is 12.8. The molecule has 0 aromatic heterocycles. The molecule has 0 saturated carbocycles. The van der Waals surface area contributed by atoms with Crippen LogP contribution in [0.25, 0.3) is 0 Å². The van der Waals surface area contributed by atoms with Crippen molar-refractivity contribution in [1.29, 1.82) is 5.26 Å². The van der Waals surface area contributed by atoms with E-state index in [0.29, 0.717) is 6.07 Å². The number of benzene rings is 1. The van der Waals surface area contributed by atoms with Gasteiger partial charge in [-0.05, 0) is 24.6 Å². The Balaban J connectivity index is 3.58. The van der Waals surface area contributed by atoms with Crippen LogP contribution in [0.1, 0.15) is 27.0 Å². The monoisotopic (exact) mass is 305 g/mol. The smallest absolute Gasteiger partial charge is 0.293 e. The number of halogens is 4. The maximum Gasteiger partial charge on any atom is 0.417 e. The Bertz CT molecular complexity index is 503. The number of hydrogen-bond acceptors (Lipinski definition) is 2. The van der Waals surface area contributed by atoms with Crippen LogP contribution in [-0.4, -0.2) is 11.1 Å². The molecular weight excluding hydrogens is 299 g/mol. The van der Waals surface area contributed by atoms with E-state index in [4.69, 9.17) is 5.26 Å². The summed E-state index contributed by atoms with van der Waals surface area (Å²) in [5, 5.41) is 8.44. The molecule has 0 unspecified atom stereocenters. The van der Waals surface area contributed by atoms with Crippen molar-refractivity contribution < 1.29 is 18.0 Å². The Morgan fingerprint density at radius 1 is 1.47 bits per heavy atom. The minimum Gasteiger partial charge on any atom is -0.293 e. The van der Waals surface area contributed by atoms with E-state index in [-0.39, 0.29) is 22.0 Å². The van der Waals surface area contributed by atoms with Gasteiger partial charge >= 0.3 is 6.18 Å². The molecule has 17 heavy (non-hydrogen) atoms. The first-order chi connectivity index (χ1) is 7.81. The van der Waals surface area contributed by atoms with Gasteiger partial charge in [0.25, 0.3) is 0 Å². The lowest BCUT2D eigenvalue weighted by Crippen LogP contribution is -2.16. The summed E-state index contributed by atoms with van der Waals surface area (Å²) >= 11 is 2.84. The highest BCUT2D eigenvalue weighted by molar-refractivity contribution is 9.09. The Hall–Kier alpha value is -1.35. The molecule has 0 spiro atoms. The molecule has 0 amide bonds. The number of carbonyl (C=O) groups excluding carboxylic acids is 1. The summed E-state index contributed by atoms with van der Waals surface area (Å²) in [6.07, 6.45) is -4.65. The van der Waals surface area contributed by atoms with Crippen LogP contribution in [0.2, 0.25) is 0 Å². The molecule has 0 bridgehead atoms. The maximum absolute atomic E-state index is 12.8. The summed E-state index contributed by atoms with van der Waals surface area (Å²) in [6.45, 7) is 1.38. The van der Waals surface area contributed by atoms with Crippen LogP contribution >= 0.6 is 15.9 Å². The van der Waals surface area contributed by atoms with Crippen molar-refractivity contribution in [2.75, 3.05) is 5.33 Å². The van der Waals surface area contributed by atoms with Gasteiger partial charge < -0.3 is 0 Å². The number of hydrogen-bond donors (Lipinski definition) is 0. The Morgan fingerprint density at radius 2 is 2.06 bits per heavy atom. The molecule has 1 aromatic carbocycles. The number of aryl methyl sites for hydroxylation is 1. The number of carbonyl (C=O) groups is 1. The molecule has 0 aliphatic heterocycles. The van der Waals surface area contributed by atoms with Crippen LogP contribution in [0, 0.1) is 18.3 Å². The third kappa shape index (κ3) is 2.86. The molecule has 1 rings (SSSR count). The molecule has 2 nitrogen and oxygen atoms in total. The molecule has 0 atom stereocenters. The summed E-state index contributed by atoms with van der Waals surface area (Å²) < 4.78 is 38.3. The van der Waals surface area contributed by atoms with Crippen molar-refractivity contribution in [3.8, 4) is 6.07 Å². The van der Waals surface area contributed by atoms with Gasteiger partial charge in [-0.25, -0.2) is 0 Å². The van der Waals surface area contributed by atoms with Crippen LogP contribution in [0.5, 0.6) is 0 Å². The molecule has 0 N–H and O–H groups in total. The van der Waals surface area contributed by atoms with Gasteiger partial charge in [0.1, 0.15) is 0 Å². The Morgan fingerprint density at radius 3 is 2.47 bits per heavy atom. The predicted molar refractivity (Wildman–Crippen MR) is 59.0 cm³/mol. The topological polar surface area (TPSA) is 40.9 Å². The third-order valence-electron chi connectivity index (χ3n) is 2.17. The molecule has 0 saturated heterocycles. The molecule has 90 valence electrons. The van der Waals surface area contributed by atoms with Crippen LogP contribution in [0.3, 0.4) is 0 Å². The van der Waals surface area contributed by atoms with E-state index < -0.39 is 17.5 Å². The summed E-state index contributed by atoms with van der Waals surface area (Å²) in [6, 6.07) is 3.61. The zero-order valence-corrected chi connectivity index (χ0v) is 10.3. The zero-order valence-electron chi connectivity index (χ0n) is 8.73. The SMILES string of the molecule is Cc1cc(C#N)cc(C(F)(F)F)c1C(=O)CBr. The highest BCUT2D eigenvalue weighted by Crippen LogP contribution is 2.34. The van der Waals surface area contributed by atoms with E-state index in [1.54, 1.807) is 6.07 Å². The van der Waals surface area contributed by atoms with Gasteiger partial charge in [0.05, 0.1) is 22.5 Å². The molecule has 0 radical (unpaired) electrons. The highest BCUT2D eigenvalue weighted by Gasteiger charge is 2.36. The van der Waals surface area contributed by atoms with Crippen LogP contribution < -0.4 is 0 Å². The second-order valence-electron chi connectivity index (χ2n) is 3.38. The fourth-order valence-corrected chi connectivity index (χ4v) is 1.79. The minimum atomic E-state index is -4.65. The average Bonchev–Trinajstić information content (AvgIpc) is 2.25. The van der Waals surface area contributed by atoms with Gasteiger partial charge in [-0.15, -0.1) is 0 Å². The van der Waals surface area contributed by atoms with Gasteiger partial charge in [-0.1, -0.05) is 15.9 Å². The van der Waals surface area contributed by atoms with Gasteiger partial charge in [0.15, 0.2) is 5.78 Å². The Labute approximate surface area is 104 Å². The van der Waals surface area contributed by atoms with Crippen molar-refractivity contribution in [1.82, 2.24) is 0 Å². The molecular formula is C11H7BrF3NO. The third-order valence-corrected chi connectivity index (χ3v) is 2.68. The van der Waals surface area contributed by atoms with Gasteiger partial charge in [-0.2, -0.15) is 18.4 Å². The molecule has 0 aliphatic rings. The summed E-state index contributed by atoms with van der Waals surface area (Å²) in [5.74, 6) is -0.653. The molecule has 0 heterocycles. The number of nitriles is 1. The summed E-state index contributed by atoms with van der Waals surface area (Å²) in [7, 11) is 0. The highest BCUT2D eigenvalue weighted by atomic mass is 79.9. The van der Waals surface area contributed by atoms with Gasteiger partial charge in [0, 0.05) is 5.56 Å². The summed E-state index contributed by atoms with van der Waals surface area (Å²) in [4.78, 5) is 11.5. The predicted octanol–water partition coefficient (Wildman–Crippen LogP) is 3.46. The fourth-order valence-electron chi connectivity index (χ4n) is 1.51. The molecule has 0 fully saturated rings. The van der Waals surface area contributed by atoms with E-state index in [0.717, 1.165) is 0 Å². The second-order valence-corrected chi connectivity index (χ2v) is 3.94. The summed E-state index contributed by atoms with van der Waals surface area (Å²) in [5.41, 5.74) is -1.39. The fraction of sp³-hybridized carbons (Fsp3) is 0.273. The second kappa shape index (κ2) is 4.88. The molecule has 0 aliphatic carbocycles. The zero-order chi connectivity index (χ0) is 13.2. The number of Topliss-reactive ketones (excluding diaryl/α,β-unsaturated/α-hetero) is 1. The van der Waals surface area contributed by atoms with Crippen molar-refractivity contribution in [2.24, 2.45) is 0 Å². The lowest BCUT2D eigenvalue weighted by Gasteiger charge is -2.14. The quantitative estimate of drug-likeness (QED) is 0.620. The standard InChI is InChI=1S/C11H7BrF3NO/c1-6-2-7(5-16)3-8(11(13,14)15)10(6)9(17)4-12/h2-3H,4H2,1H3. The van der Waals surface area contributed by atoms with Crippen LogP contribution in [-0.2, 0) is 6.18 Å². The Kier molecular flexibility index (Phi) is 3.94.